The van der Waals surface area contributed by atoms with Crippen LogP contribution in [0.3, 0.4) is 0 Å². The number of fused-ring (bicyclic) bond motifs is 1. The van der Waals surface area contributed by atoms with Crippen LogP contribution in [0.1, 0.15) is 55.8 Å². The van der Waals surface area contributed by atoms with E-state index in [2.05, 4.69) is 10.3 Å². The van der Waals surface area contributed by atoms with Gasteiger partial charge in [-0.2, -0.15) is 0 Å². The average Bonchev–Trinajstić information content (AvgIpc) is 2.75. The standard InChI is InChI=1S/C25H32N2O4/c1-2-30-7-6-26-24(29)20-14-27-22-19(23(20)28)4-3-5-21(22)31-15-25-11-16-8-17(12-25)10-18(9-16)13-25/h3-5,14,16-18H,2,6-13,15H2,1H3,(H,26,29)(H,27,28). The Morgan fingerprint density at radius 3 is 2.55 bits per heavy atom. The van der Waals surface area contributed by atoms with Gasteiger partial charge in [-0.25, -0.2) is 0 Å². The van der Waals surface area contributed by atoms with Crippen LogP contribution in [0.25, 0.3) is 10.9 Å². The topological polar surface area (TPSA) is 80.4 Å². The number of ether oxygens (including phenoxy) is 2. The first kappa shape index (κ1) is 20.6. The van der Waals surface area contributed by atoms with Crippen molar-refractivity contribution in [2.24, 2.45) is 23.2 Å². The predicted octanol–water partition coefficient (Wildman–Crippen LogP) is 3.89. The van der Waals surface area contributed by atoms with Gasteiger partial charge in [0.1, 0.15) is 11.3 Å². The van der Waals surface area contributed by atoms with Crippen molar-refractivity contribution in [1.29, 1.82) is 0 Å². The highest BCUT2D eigenvalue weighted by molar-refractivity contribution is 5.97. The van der Waals surface area contributed by atoms with Crippen molar-refractivity contribution < 1.29 is 14.3 Å². The number of hydrogen-bond acceptors (Lipinski definition) is 4. The molecule has 1 heterocycles. The molecule has 0 unspecified atom stereocenters. The molecule has 2 aromatic rings. The first-order valence-corrected chi connectivity index (χ1v) is 11.7. The second-order valence-electron chi connectivity index (χ2n) is 9.87. The molecule has 1 aromatic carbocycles. The molecule has 6 rings (SSSR count). The van der Waals surface area contributed by atoms with Crippen molar-refractivity contribution in [3.05, 3.63) is 40.2 Å². The molecule has 0 saturated heterocycles. The third-order valence-electron chi connectivity index (χ3n) is 7.56. The molecule has 4 fully saturated rings. The summed E-state index contributed by atoms with van der Waals surface area (Å²) < 4.78 is 11.6. The number of aromatic amines is 1. The molecule has 6 heteroatoms. The Balaban J connectivity index is 1.33. The molecule has 0 spiro atoms. The van der Waals surface area contributed by atoms with Crippen LogP contribution in [-0.2, 0) is 4.74 Å². The first-order chi connectivity index (χ1) is 15.1. The highest BCUT2D eigenvalue weighted by Gasteiger charge is 2.51. The van der Waals surface area contributed by atoms with Gasteiger partial charge in [0, 0.05) is 24.8 Å². The Morgan fingerprint density at radius 1 is 1.16 bits per heavy atom. The molecule has 1 aromatic heterocycles. The van der Waals surface area contributed by atoms with E-state index in [4.69, 9.17) is 9.47 Å². The molecule has 2 N–H and O–H groups in total. The van der Waals surface area contributed by atoms with Crippen molar-refractivity contribution in [2.75, 3.05) is 26.4 Å². The zero-order valence-electron chi connectivity index (χ0n) is 18.2. The van der Waals surface area contributed by atoms with Crippen molar-refractivity contribution >= 4 is 16.8 Å². The zero-order valence-corrected chi connectivity index (χ0v) is 18.2. The minimum Gasteiger partial charge on any atom is -0.491 e. The molecule has 4 bridgehead atoms. The highest BCUT2D eigenvalue weighted by Crippen LogP contribution is 2.60. The maximum Gasteiger partial charge on any atom is 0.256 e. The lowest BCUT2D eigenvalue weighted by Gasteiger charge is -2.56. The quantitative estimate of drug-likeness (QED) is 0.630. The van der Waals surface area contributed by atoms with Crippen LogP contribution in [0.4, 0.5) is 0 Å². The molecule has 4 aliphatic rings. The van der Waals surface area contributed by atoms with Crippen LogP contribution in [0.15, 0.2) is 29.2 Å². The number of pyridine rings is 1. The Hall–Kier alpha value is -2.34. The van der Waals surface area contributed by atoms with Gasteiger partial charge in [-0.15, -0.1) is 0 Å². The van der Waals surface area contributed by atoms with Crippen LogP contribution >= 0.6 is 0 Å². The van der Waals surface area contributed by atoms with Crippen molar-refractivity contribution in [3.8, 4) is 5.75 Å². The fourth-order valence-corrected chi connectivity index (χ4v) is 6.69. The Bertz CT molecular complexity index is 993. The molecular formula is C25H32N2O4. The molecule has 4 saturated carbocycles. The number of benzene rings is 1. The lowest BCUT2D eigenvalue weighted by atomic mass is 9.50. The number of nitrogens with one attached hydrogen (secondary N) is 2. The number of rotatable bonds is 8. The smallest absolute Gasteiger partial charge is 0.256 e. The number of amides is 1. The highest BCUT2D eigenvalue weighted by atomic mass is 16.5. The van der Waals surface area contributed by atoms with Gasteiger partial charge in [0.25, 0.3) is 5.91 Å². The monoisotopic (exact) mass is 424 g/mol. The van der Waals surface area contributed by atoms with Crippen LogP contribution in [0.5, 0.6) is 5.75 Å². The summed E-state index contributed by atoms with van der Waals surface area (Å²) in [5.41, 5.74) is 0.811. The molecule has 0 atom stereocenters. The Kier molecular flexibility index (Phi) is 5.51. The molecule has 31 heavy (non-hydrogen) atoms. The van der Waals surface area contributed by atoms with E-state index in [9.17, 15) is 9.59 Å². The maximum absolute atomic E-state index is 13.0. The van der Waals surface area contributed by atoms with Gasteiger partial charge in [-0.3, -0.25) is 9.59 Å². The summed E-state index contributed by atoms with van der Waals surface area (Å²) in [4.78, 5) is 28.5. The van der Waals surface area contributed by atoms with Gasteiger partial charge in [0.05, 0.1) is 24.1 Å². The third-order valence-corrected chi connectivity index (χ3v) is 7.56. The van der Waals surface area contributed by atoms with Gasteiger partial charge in [0.15, 0.2) is 0 Å². The summed E-state index contributed by atoms with van der Waals surface area (Å²) in [6.07, 6.45) is 9.59. The molecule has 6 nitrogen and oxygen atoms in total. The van der Waals surface area contributed by atoms with Crippen LogP contribution in [0.2, 0.25) is 0 Å². The summed E-state index contributed by atoms with van der Waals surface area (Å²) in [7, 11) is 0. The molecule has 166 valence electrons. The molecule has 0 radical (unpaired) electrons. The SMILES string of the molecule is CCOCCNC(=O)c1c[nH]c2c(OCC34CC5CC(CC(C5)C3)C4)cccc2c1=O. The first-order valence-electron chi connectivity index (χ1n) is 11.7. The van der Waals surface area contributed by atoms with E-state index in [1.807, 2.05) is 19.1 Å². The Labute approximate surface area is 182 Å². The van der Waals surface area contributed by atoms with Crippen LogP contribution in [0, 0.1) is 23.2 Å². The predicted molar refractivity (Wildman–Crippen MR) is 119 cm³/mol. The third kappa shape index (κ3) is 3.98. The second-order valence-corrected chi connectivity index (χ2v) is 9.87. The fourth-order valence-electron chi connectivity index (χ4n) is 6.69. The molecular weight excluding hydrogens is 392 g/mol. The van der Waals surface area contributed by atoms with Crippen molar-refractivity contribution in [2.45, 2.75) is 45.4 Å². The largest absolute Gasteiger partial charge is 0.491 e. The van der Waals surface area contributed by atoms with Crippen molar-refractivity contribution in [3.63, 3.8) is 0 Å². The Morgan fingerprint density at radius 2 is 1.87 bits per heavy atom. The van der Waals surface area contributed by atoms with E-state index in [1.165, 1.54) is 44.7 Å². The van der Waals surface area contributed by atoms with Gasteiger partial charge < -0.3 is 19.8 Å². The van der Waals surface area contributed by atoms with E-state index in [-0.39, 0.29) is 16.9 Å². The lowest BCUT2D eigenvalue weighted by Crippen LogP contribution is -2.48. The second kappa shape index (κ2) is 8.30. The summed E-state index contributed by atoms with van der Waals surface area (Å²) in [5.74, 6) is 2.96. The number of hydrogen-bond donors (Lipinski definition) is 2. The number of para-hydroxylation sites is 1. The number of aromatic nitrogens is 1. The molecule has 0 aliphatic heterocycles. The molecule has 1 amide bonds. The lowest BCUT2D eigenvalue weighted by molar-refractivity contribution is -0.0743. The van der Waals surface area contributed by atoms with Gasteiger partial charge in [0.2, 0.25) is 5.43 Å². The number of H-pyrrole nitrogens is 1. The summed E-state index contributed by atoms with van der Waals surface area (Å²) in [5, 5.41) is 3.22. The van der Waals surface area contributed by atoms with Crippen LogP contribution in [-0.4, -0.2) is 37.3 Å². The number of carbonyl (C=O) groups is 1. The van der Waals surface area contributed by atoms with E-state index in [0.717, 1.165) is 24.4 Å². The van der Waals surface area contributed by atoms with Gasteiger partial charge >= 0.3 is 0 Å². The fraction of sp³-hybridized carbons (Fsp3) is 0.600. The van der Waals surface area contributed by atoms with Crippen molar-refractivity contribution in [1.82, 2.24) is 10.3 Å². The minimum atomic E-state index is -0.386. The van der Waals surface area contributed by atoms with Crippen LogP contribution < -0.4 is 15.5 Å². The zero-order chi connectivity index (χ0) is 21.4. The van der Waals surface area contributed by atoms with E-state index in [1.54, 1.807) is 6.07 Å². The van der Waals surface area contributed by atoms with E-state index < -0.39 is 0 Å². The van der Waals surface area contributed by atoms with Gasteiger partial charge in [-0.1, -0.05) is 6.07 Å². The molecule has 4 aliphatic carbocycles. The summed E-state index contributed by atoms with van der Waals surface area (Å²) in [6, 6.07) is 5.51. The normalized spacial score (nSPS) is 28.7. The maximum atomic E-state index is 13.0. The van der Waals surface area contributed by atoms with Gasteiger partial charge in [-0.05, 0) is 75.3 Å². The average molecular weight is 425 g/mol. The summed E-state index contributed by atoms with van der Waals surface area (Å²) >= 11 is 0. The van der Waals surface area contributed by atoms with E-state index in [0.29, 0.717) is 41.8 Å². The number of carbonyl (C=O) groups excluding carboxylic acids is 1. The van der Waals surface area contributed by atoms with E-state index >= 15 is 0 Å². The minimum absolute atomic E-state index is 0.113. The summed E-state index contributed by atoms with van der Waals surface area (Å²) in [6.45, 7) is 4.02.